The van der Waals surface area contributed by atoms with Gasteiger partial charge in [0, 0.05) is 114 Å². The number of hydrogen-bond acceptors (Lipinski definition) is 5. The van der Waals surface area contributed by atoms with E-state index in [2.05, 4.69) is 351 Å². The molecule has 100 heavy (non-hydrogen) atoms. The van der Waals surface area contributed by atoms with Gasteiger partial charge in [0.15, 0.2) is 11.6 Å². The van der Waals surface area contributed by atoms with Crippen LogP contribution in [0.5, 0.6) is 0 Å². The Bertz CT molecular complexity index is 6550. The molecule has 0 amide bonds. The maximum Gasteiger partial charge on any atom is 0.160 e. The van der Waals surface area contributed by atoms with Crippen LogP contribution >= 0.6 is 11.3 Å². The highest BCUT2D eigenvalue weighted by atomic mass is 32.1. The summed E-state index contributed by atoms with van der Waals surface area (Å²) in [5.74, 6) is 1.50. The lowest BCUT2D eigenvalue weighted by Crippen LogP contribution is -2.17. The molecule has 0 fully saturated rings. The molecule has 19 aromatic rings. The van der Waals surface area contributed by atoms with Crippen molar-refractivity contribution >= 4 is 96.9 Å². The summed E-state index contributed by atoms with van der Waals surface area (Å²) in [4.78, 5) is 21.2. The minimum absolute atomic E-state index is 0.229. The Morgan fingerprint density at radius 3 is 1.06 bits per heavy atom. The van der Waals surface area contributed by atoms with E-state index in [0.29, 0.717) is 0 Å². The van der Waals surface area contributed by atoms with Gasteiger partial charge in [-0.1, -0.05) is 228 Å². The molecule has 0 spiro atoms. The molecule has 0 atom stereocenters. The summed E-state index contributed by atoms with van der Waals surface area (Å²) in [7, 11) is 0. The number of aromatic nitrogens is 7. The van der Waals surface area contributed by atoms with Gasteiger partial charge >= 0.3 is 0 Å². The lowest BCUT2D eigenvalue weighted by molar-refractivity contribution is 0.636. The van der Waals surface area contributed by atoms with Crippen LogP contribution in [0, 0.1) is 0 Å². The first-order valence-corrected chi connectivity index (χ1v) is 35.2. The van der Waals surface area contributed by atoms with Gasteiger partial charge in [0.2, 0.25) is 0 Å². The number of hydrogen-bond donors (Lipinski definition) is 0. The second-order valence-corrected chi connectivity index (χ2v) is 28.7. The summed E-state index contributed by atoms with van der Waals surface area (Å²) >= 11 is 1.87. The molecule has 8 heteroatoms. The lowest BCUT2D eigenvalue weighted by Gasteiger charge is -2.21. The molecule has 2 aliphatic carbocycles. The van der Waals surface area contributed by atoms with E-state index in [9.17, 15) is 0 Å². The number of nitrogens with zero attached hydrogens (tertiary/aromatic N) is 7. The third kappa shape index (κ3) is 8.69. The zero-order valence-corrected chi connectivity index (χ0v) is 56.3. The molecule has 472 valence electrons. The zero-order chi connectivity index (χ0) is 66.5. The number of rotatable bonds is 7. The molecule has 6 aromatic heterocycles. The Labute approximate surface area is 581 Å². The van der Waals surface area contributed by atoms with Crippen molar-refractivity contribution in [2.24, 2.45) is 0 Å². The molecule has 0 aliphatic heterocycles. The highest BCUT2D eigenvalue weighted by Crippen LogP contribution is 2.54. The maximum absolute atomic E-state index is 5.34. The fourth-order valence-corrected chi connectivity index (χ4v) is 17.6. The van der Waals surface area contributed by atoms with Crippen molar-refractivity contribution in [2.75, 3.05) is 0 Å². The van der Waals surface area contributed by atoms with Crippen molar-refractivity contribution < 1.29 is 0 Å². The summed E-state index contributed by atoms with van der Waals surface area (Å²) in [6, 6.07) is 111. The fourth-order valence-electron chi connectivity index (χ4n) is 16.5. The number of fused-ring (bicyclic) bond motifs is 18. The number of thiophene rings is 1. The molecule has 13 aromatic carbocycles. The molecular formula is C92H63N7S. The van der Waals surface area contributed by atoms with E-state index in [0.717, 1.165) is 84.9 Å². The largest absolute Gasteiger partial charge is 0.309 e. The minimum Gasteiger partial charge on any atom is -0.309 e. The Morgan fingerprint density at radius 1 is 0.260 bits per heavy atom. The summed E-state index contributed by atoms with van der Waals surface area (Å²) in [6.45, 7) is 9.12. The van der Waals surface area contributed by atoms with Crippen LogP contribution in [0.25, 0.3) is 170 Å². The minimum atomic E-state index is -0.245. The summed E-state index contributed by atoms with van der Waals surface area (Å²) in [5, 5.41) is 10.1. The molecule has 6 heterocycles. The summed E-state index contributed by atoms with van der Waals surface area (Å²) in [5.41, 5.74) is 25.8. The van der Waals surface area contributed by atoms with E-state index in [4.69, 9.17) is 19.9 Å². The topological polar surface area (TPSA) is 66.3 Å². The molecule has 21 rings (SSSR count). The van der Waals surface area contributed by atoms with E-state index >= 15 is 0 Å². The van der Waals surface area contributed by atoms with Crippen LogP contribution in [0.15, 0.2) is 309 Å². The van der Waals surface area contributed by atoms with Gasteiger partial charge in [-0.15, -0.1) is 11.3 Å². The average Bonchev–Trinajstić information content (AvgIpc) is 1.58. The van der Waals surface area contributed by atoms with E-state index in [1.807, 2.05) is 11.3 Å². The van der Waals surface area contributed by atoms with E-state index in [1.165, 1.54) is 108 Å². The van der Waals surface area contributed by atoms with E-state index < -0.39 is 0 Å². The first-order valence-electron chi connectivity index (χ1n) is 34.4. The Morgan fingerprint density at radius 2 is 0.610 bits per heavy atom. The van der Waals surface area contributed by atoms with Crippen molar-refractivity contribution in [1.82, 2.24) is 33.6 Å². The molecule has 7 nitrogen and oxygen atoms in total. The quantitative estimate of drug-likeness (QED) is 0.159. The third-order valence-corrected chi connectivity index (χ3v) is 22.4. The van der Waals surface area contributed by atoms with Gasteiger partial charge in [-0.3, -0.25) is 0 Å². The van der Waals surface area contributed by atoms with Crippen molar-refractivity contribution in [3.05, 3.63) is 332 Å². The van der Waals surface area contributed by atoms with Gasteiger partial charge in [-0.25, -0.2) is 19.9 Å². The first-order chi connectivity index (χ1) is 49.1. The van der Waals surface area contributed by atoms with Gasteiger partial charge in [0.25, 0.3) is 0 Å². The van der Waals surface area contributed by atoms with Crippen LogP contribution in [0.1, 0.15) is 50.2 Å². The van der Waals surface area contributed by atoms with Crippen LogP contribution in [0.3, 0.4) is 0 Å². The van der Waals surface area contributed by atoms with E-state index in [1.54, 1.807) is 0 Å². The first kappa shape index (κ1) is 57.8. The Balaban J connectivity index is 0.000000136. The van der Waals surface area contributed by atoms with Gasteiger partial charge in [-0.2, -0.15) is 0 Å². The summed E-state index contributed by atoms with van der Waals surface area (Å²) in [6.07, 6.45) is 0. The Hall–Kier alpha value is -12.4. The van der Waals surface area contributed by atoms with Crippen LogP contribution < -0.4 is 0 Å². The van der Waals surface area contributed by atoms with Crippen molar-refractivity contribution in [2.45, 2.75) is 38.5 Å². The highest BCUT2D eigenvalue weighted by Gasteiger charge is 2.41. The lowest BCUT2D eigenvalue weighted by atomic mass is 9.85. The average molecular weight is 1300 g/mol. The van der Waals surface area contributed by atoms with Crippen molar-refractivity contribution in [3.63, 3.8) is 0 Å². The van der Waals surface area contributed by atoms with Gasteiger partial charge in [0.1, 0.15) is 0 Å². The normalized spacial score (nSPS) is 13.4. The predicted octanol–water partition coefficient (Wildman–Crippen LogP) is 23.9. The highest BCUT2D eigenvalue weighted by molar-refractivity contribution is 7.25. The van der Waals surface area contributed by atoms with E-state index in [-0.39, 0.29) is 10.8 Å². The van der Waals surface area contributed by atoms with Crippen molar-refractivity contribution in [3.8, 4) is 84.6 Å². The number of para-hydroxylation sites is 4. The fraction of sp³-hybridized carbons (Fsp3) is 0.0652. The van der Waals surface area contributed by atoms with Crippen LogP contribution in [0.2, 0.25) is 0 Å². The van der Waals surface area contributed by atoms with Crippen molar-refractivity contribution in [1.29, 1.82) is 0 Å². The smallest absolute Gasteiger partial charge is 0.160 e. The molecule has 0 N–H and O–H groups in total. The second kappa shape index (κ2) is 22.1. The molecule has 0 bridgehead atoms. The van der Waals surface area contributed by atoms with Gasteiger partial charge in [0.05, 0.1) is 55.9 Å². The standard InChI is InChI=1S/C49H34N4.C43H29N3S/c1-49(2)40-22-12-9-21-37(40)45-46(31-15-5-3-6-16-31)50-48(51-47(45)49)32-25-27-34(28-26-32)53-42-24-14-11-20-36(42)39-29-43-38(30-44(39)53)35-19-10-13-23-41(35)52(43)33-17-7-4-8-18-33;1-43(2)34-17-9-6-16-31(34)39-40(26-12-4-3-5-13-26)44-42(45-41(39)43)27-20-22-28(23-21-27)46-35-18-10-7-14-29(35)32-25-38-33(24-36(32)46)30-15-8-11-19-37(30)47-38/h3-30H,1-2H3;3-25H,1-2H3. The second-order valence-electron chi connectivity index (χ2n) is 27.6. The summed E-state index contributed by atoms with van der Waals surface area (Å²) < 4.78 is 9.85. The Kier molecular flexibility index (Phi) is 12.8. The SMILES string of the molecule is CC1(C)c2ccccc2-c2c(-c3ccccc3)nc(-c3ccc(-n4c5ccccc5c5cc6c(cc54)c4ccccc4n6-c4ccccc4)cc3)nc21.CC1(C)c2ccccc2-c2c(-c3ccccc3)nc(-c3ccc(-n4c5ccccc5c5cc6sc7ccccc7c6cc54)cc3)nc21. The molecule has 0 saturated carbocycles. The molecule has 0 saturated heterocycles. The van der Waals surface area contributed by atoms with Gasteiger partial charge in [-0.05, 0) is 131 Å². The van der Waals surface area contributed by atoms with Crippen LogP contribution in [0.4, 0.5) is 0 Å². The van der Waals surface area contributed by atoms with Crippen LogP contribution in [-0.4, -0.2) is 33.6 Å². The molecular weight excluding hydrogens is 1240 g/mol. The third-order valence-electron chi connectivity index (χ3n) is 21.3. The predicted molar refractivity (Wildman–Crippen MR) is 417 cm³/mol. The monoisotopic (exact) mass is 1300 g/mol. The zero-order valence-electron chi connectivity index (χ0n) is 55.5. The van der Waals surface area contributed by atoms with Crippen LogP contribution in [-0.2, 0) is 10.8 Å². The number of benzene rings is 13. The molecule has 2 aliphatic rings. The molecule has 0 radical (unpaired) electrons. The van der Waals surface area contributed by atoms with Gasteiger partial charge < -0.3 is 13.7 Å². The molecule has 0 unspecified atom stereocenters. The maximum atomic E-state index is 5.34.